The number of carbonyl (C=O) groups is 2. The van der Waals surface area contributed by atoms with E-state index in [1.807, 2.05) is 19.1 Å². The molecular formula is C12H14INO3S. The fourth-order valence-corrected chi connectivity index (χ4v) is 2.41. The van der Waals surface area contributed by atoms with E-state index in [2.05, 4.69) is 27.9 Å². The third-order valence-electron chi connectivity index (χ3n) is 2.27. The second kappa shape index (κ2) is 7.63. The van der Waals surface area contributed by atoms with E-state index in [0.29, 0.717) is 17.9 Å². The summed E-state index contributed by atoms with van der Waals surface area (Å²) in [6, 6.07) is 5.59. The molecule has 0 fully saturated rings. The third kappa shape index (κ3) is 4.85. The molecule has 0 atom stereocenters. The van der Waals surface area contributed by atoms with Crippen molar-refractivity contribution in [3.05, 3.63) is 32.9 Å². The Kier molecular flexibility index (Phi) is 6.48. The Morgan fingerprint density at radius 3 is 2.83 bits per heavy atom. The number of halogens is 1. The molecule has 0 radical (unpaired) electrons. The SMILES string of the molecule is Cc1c(I)cccc1C(=O)NCCSCC(=O)O. The number of amides is 1. The molecule has 0 aliphatic heterocycles. The van der Waals surface area contributed by atoms with E-state index >= 15 is 0 Å². The van der Waals surface area contributed by atoms with Gasteiger partial charge in [0, 0.05) is 21.4 Å². The number of carboxylic acids is 1. The molecule has 0 bridgehead atoms. The van der Waals surface area contributed by atoms with Crippen molar-refractivity contribution >= 4 is 46.2 Å². The average molecular weight is 379 g/mol. The molecule has 0 aromatic heterocycles. The summed E-state index contributed by atoms with van der Waals surface area (Å²) in [5, 5.41) is 11.2. The van der Waals surface area contributed by atoms with Crippen LogP contribution in [-0.4, -0.2) is 35.0 Å². The van der Waals surface area contributed by atoms with E-state index in [0.717, 1.165) is 9.13 Å². The van der Waals surface area contributed by atoms with Gasteiger partial charge in [0.05, 0.1) is 5.75 Å². The van der Waals surface area contributed by atoms with E-state index in [1.54, 1.807) is 6.07 Å². The summed E-state index contributed by atoms with van der Waals surface area (Å²) >= 11 is 3.48. The van der Waals surface area contributed by atoms with Gasteiger partial charge in [0.2, 0.25) is 0 Å². The molecule has 1 amide bonds. The van der Waals surface area contributed by atoms with Crippen molar-refractivity contribution in [1.29, 1.82) is 0 Å². The molecule has 0 unspecified atom stereocenters. The number of nitrogens with one attached hydrogen (secondary N) is 1. The van der Waals surface area contributed by atoms with Gasteiger partial charge in [0.15, 0.2) is 0 Å². The Morgan fingerprint density at radius 2 is 2.17 bits per heavy atom. The lowest BCUT2D eigenvalue weighted by Crippen LogP contribution is -2.26. The van der Waals surface area contributed by atoms with Crippen molar-refractivity contribution in [2.75, 3.05) is 18.1 Å². The molecule has 0 aliphatic carbocycles. The lowest BCUT2D eigenvalue weighted by Gasteiger charge is -2.08. The number of carbonyl (C=O) groups excluding carboxylic acids is 1. The van der Waals surface area contributed by atoms with Gasteiger partial charge in [-0.3, -0.25) is 9.59 Å². The molecule has 1 rings (SSSR count). The highest BCUT2D eigenvalue weighted by Crippen LogP contribution is 2.15. The number of thioether (sulfide) groups is 1. The second-order valence-electron chi connectivity index (χ2n) is 3.61. The van der Waals surface area contributed by atoms with E-state index in [4.69, 9.17) is 5.11 Å². The van der Waals surface area contributed by atoms with E-state index in [1.165, 1.54) is 11.8 Å². The predicted octanol–water partition coefficient (Wildman–Crippen LogP) is 2.15. The fourth-order valence-electron chi connectivity index (χ4n) is 1.34. The highest BCUT2D eigenvalue weighted by Gasteiger charge is 2.09. The van der Waals surface area contributed by atoms with Gasteiger partial charge in [-0.2, -0.15) is 0 Å². The maximum atomic E-state index is 11.9. The van der Waals surface area contributed by atoms with Crippen molar-refractivity contribution in [1.82, 2.24) is 5.32 Å². The summed E-state index contributed by atoms with van der Waals surface area (Å²) in [4.78, 5) is 22.2. The largest absolute Gasteiger partial charge is 0.481 e. The lowest BCUT2D eigenvalue weighted by molar-refractivity contribution is -0.133. The first-order chi connectivity index (χ1) is 8.52. The summed E-state index contributed by atoms with van der Waals surface area (Å²) < 4.78 is 1.06. The molecular weight excluding hydrogens is 365 g/mol. The maximum absolute atomic E-state index is 11.9. The van der Waals surface area contributed by atoms with Gasteiger partial charge < -0.3 is 10.4 Å². The highest BCUT2D eigenvalue weighted by atomic mass is 127. The Balaban J connectivity index is 2.41. The zero-order valence-corrected chi connectivity index (χ0v) is 12.9. The normalized spacial score (nSPS) is 10.1. The molecule has 0 aliphatic rings. The molecule has 18 heavy (non-hydrogen) atoms. The van der Waals surface area contributed by atoms with Gasteiger partial charge in [-0.1, -0.05) is 6.07 Å². The Labute approximate surface area is 124 Å². The minimum Gasteiger partial charge on any atom is -0.481 e. The average Bonchev–Trinajstić information content (AvgIpc) is 2.31. The van der Waals surface area contributed by atoms with Crippen LogP contribution < -0.4 is 5.32 Å². The van der Waals surface area contributed by atoms with Crippen molar-refractivity contribution < 1.29 is 14.7 Å². The maximum Gasteiger partial charge on any atom is 0.313 e. The Bertz CT molecular complexity index is 451. The highest BCUT2D eigenvalue weighted by molar-refractivity contribution is 14.1. The molecule has 1 aromatic rings. The number of hydrogen-bond acceptors (Lipinski definition) is 3. The zero-order chi connectivity index (χ0) is 13.5. The van der Waals surface area contributed by atoms with Crippen LogP contribution in [-0.2, 0) is 4.79 Å². The van der Waals surface area contributed by atoms with Gasteiger partial charge in [-0.15, -0.1) is 11.8 Å². The summed E-state index contributed by atoms with van der Waals surface area (Å²) in [6.45, 7) is 2.39. The first-order valence-corrected chi connectivity index (χ1v) is 7.58. The first kappa shape index (κ1) is 15.3. The third-order valence-corrected chi connectivity index (χ3v) is 4.38. The smallest absolute Gasteiger partial charge is 0.313 e. The van der Waals surface area contributed by atoms with Gasteiger partial charge in [-0.05, 0) is 47.2 Å². The molecule has 0 saturated carbocycles. The van der Waals surface area contributed by atoms with Gasteiger partial charge in [0.1, 0.15) is 0 Å². The zero-order valence-electron chi connectivity index (χ0n) is 9.90. The molecule has 6 heteroatoms. The fraction of sp³-hybridized carbons (Fsp3) is 0.333. The number of carboxylic acid groups (broad SMARTS) is 1. The first-order valence-electron chi connectivity index (χ1n) is 5.35. The van der Waals surface area contributed by atoms with Crippen LogP contribution in [0.15, 0.2) is 18.2 Å². The quantitative estimate of drug-likeness (QED) is 0.587. The summed E-state index contributed by atoms with van der Waals surface area (Å²) in [6.07, 6.45) is 0. The van der Waals surface area contributed by atoms with Crippen molar-refractivity contribution in [2.45, 2.75) is 6.92 Å². The standard InChI is InChI=1S/C12H14INO3S/c1-8-9(3-2-4-10(8)13)12(17)14-5-6-18-7-11(15)16/h2-4H,5-7H2,1H3,(H,14,17)(H,15,16). The van der Waals surface area contributed by atoms with Crippen LogP contribution in [0.1, 0.15) is 15.9 Å². The number of hydrogen-bond donors (Lipinski definition) is 2. The minimum atomic E-state index is -0.834. The Morgan fingerprint density at radius 1 is 1.44 bits per heavy atom. The number of benzene rings is 1. The number of aliphatic carboxylic acids is 1. The topological polar surface area (TPSA) is 66.4 Å². The predicted molar refractivity (Wildman–Crippen MR) is 81.2 cm³/mol. The van der Waals surface area contributed by atoms with Crippen LogP contribution in [0.3, 0.4) is 0 Å². The van der Waals surface area contributed by atoms with Crippen LogP contribution in [0.2, 0.25) is 0 Å². The molecule has 0 spiro atoms. The van der Waals surface area contributed by atoms with Crippen LogP contribution in [0.5, 0.6) is 0 Å². The summed E-state index contributed by atoms with van der Waals surface area (Å²) in [5.74, 6) is -0.277. The van der Waals surface area contributed by atoms with Gasteiger partial charge in [-0.25, -0.2) is 0 Å². The summed E-state index contributed by atoms with van der Waals surface area (Å²) in [7, 11) is 0. The van der Waals surface area contributed by atoms with Gasteiger partial charge >= 0.3 is 5.97 Å². The van der Waals surface area contributed by atoms with Crippen LogP contribution in [0.4, 0.5) is 0 Å². The lowest BCUT2D eigenvalue weighted by atomic mass is 10.1. The van der Waals surface area contributed by atoms with E-state index in [9.17, 15) is 9.59 Å². The van der Waals surface area contributed by atoms with Crippen molar-refractivity contribution in [3.63, 3.8) is 0 Å². The molecule has 1 aromatic carbocycles. The van der Waals surface area contributed by atoms with Crippen LogP contribution in [0, 0.1) is 10.5 Å². The van der Waals surface area contributed by atoms with E-state index in [-0.39, 0.29) is 11.7 Å². The molecule has 0 saturated heterocycles. The van der Waals surface area contributed by atoms with Gasteiger partial charge in [0.25, 0.3) is 5.91 Å². The van der Waals surface area contributed by atoms with Crippen molar-refractivity contribution in [2.24, 2.45) is 0 Å². The second-order valence-corrected chi connectivity index (χ2v) is 5.88. The summed E-state index contributed by atoms with van der Waals surface area (Å²) in [5.41, 5.74) is 1.64. The monoisotopic (exact) mass is 379 g/mol. The molecule has 2 N–H and O–H groups in total. The molecule has 0 heterocycles. The minimum absolute atomic E-state index is 0.0676. The molecule has 4 nitrogen and oxygen atoms in total. The van der Waals surface area contributed by atoms with Crippen LogP contribution >= 0.6 is 34.4 Å². The number of rotatable bonds is 6. The molecule has 98 valence electrons. The van der Waals surface area contributed by atoms with E-state index < -0.39 is 5.97 Å². The van der Waals surface area contributed by atoms with Crippen LogP contribution in [0.25, 0.3) is 0 Å². The van der Waals surface area contributed by atoms with Crippen molar-refractivity contribution in [3.8, 4) is 0 Å². The Hall–Kier alpha value is -0.760.